The molecule has 0 bridgehead atoms. The van der Waals surface area contributed by atoms with Gasteiger partial charge in [-0.25, -0.2) is 9.59 Å². The Morgan fingerprint density at radius 2 is 1.75 bits per heavy atom. The second kappa shape index (κ2) is 5.89. The van der Waals surface area contributed by atoms with Crippen molar-refractivity contribution < 1.29 is 14.3 Å². The summed E-state index contributed by atoms with van der Waals surface area (Å²) in [6.07, 6.45) is -0.353. The van der Waals surface area contributed by atoms with Crippen LogP contribution in [0, 0.1) is 12.8 Å². The zero-order valence-electron chi connectivity index (χ0n) is 14.7. The molecule has 7 heteroatoms. The second-order valence-electron chi connectivity index (χ2n) is 6.62. The van der Waals surface area contributed by atoms with Gasteiger partial charge in [-0.1, -0.05) is 12.1 Å². The highest BCUT2D eigenvalue weighted by Gasteiger charge is 2.50. The molecule has 1 aromatic carbocycles. The van der Waals surface area contributed by atoms with Crippen molar-refractivity contribution in [3.05, 3.63) is 29.3 Å². The minimum absolute atomic E-state index is 0.00740. The molecule has 0 radical (unpaired) electrons. The van der Waals surface area contributed by atoms with Gasteiger partial charge >= 0.3 is 12.1 Å². The van der Waals surface area contributed by atoms with Gasteiger partial charge in [-0.3, -0.25) is 0 Å². The van der Waals surface area contributed by atoms with E-state index in [1.165, 1.54) is 0 Å². The number of ether oxygens (including phenoxy) is 1. The van der Waals surface area contributed by atoms with E-state index in [1.54, 1.807) is 31.0 Å². The van der Waals surface area contributed by atoms with Gasteiger partial charge in [0.15, 0.2) is 0 Å². The molecule has 2 N–H and O–H groups in total. The molecule has 2 fully saturated rings. The standard InChI is InChI=1S/C17H24N4O3/c1-9-6-7-11(12(8-9)24-5)14-13-10(2)18-16(22)21(4)15(13)19-17(23)20(14)3/h6-8,10,13-15H,1-5H3,(H,18,22)(H,19,23)/t10-,13-,14+,15-/m0/s1. The maximum Gasteiger partial charge on any atom is 0.319 e. The molecular weight excluding hydrogens is 308 g/mol. The summed E-state index contributed by atoms with van der Waals surface area (Å²) in [5, 5.41) is 5.92. The van der Waals surface area contributed by atoms with E-state index in [-0.39, 0.29) is 36.2 Å². The molecule has 24 heavy (non-hydrogen) atoms. The largest absolute Gasteiger partial charge is 0.496 e. The van der Waals surface area contributed by atoms with E-state index >= 15 is 0 Å². The molecule has 0 aromatic heterocycles. The van der Waals surface area contributed by atoms with Gasteiger partial charge in [0.05, 0.1) is 13.2 Å². The second-order valence-corrected chi connectivity index (χ2v) is 6.62. The minimum Gasteiger partial charge on any atom is -0.496 e. The Hall–Kier alpha value is -2.44. The molecule has 1 aromatic rings. The van der Waals surface area contributed by atoms with Crippen LogP contribution in [0.4, 0.5) is 9.59 Å². The average molecular weight is 332 g/mol. The number of fused-ring (bicyclic) bond motifs is 1. The molecule has 2 aliphatic rings. The van der Waals surface area contributed by atoms with Crippen molar-refractivity contribution in [3.8, 4) is 5.75 Å². The lowest BCUT2D eigenvalue weighted by atomic mass is 9.80. The maximum atomic E-state index is 12.5. The van der Waals surface area contributed by atoms with Gasteiger partial charge in [-0.2, -0.15) is 0 Å². The molecule has 4 atom stereocenters. The van der Waals surface area contributed by atoms with Gasteiger partial charge in [0.1, 0.15) is 11.9 Å². The average Bonchev–Trinajstić information content (AvgIpc) is 2.54. The minimum atomic E-state index is -0.353. The van der Waals surface area contributed by atoms with Gasteiger partial charge in [0.2, 0.25) is 0 Å². The Bertz CT molecular complexity index is 678. The predicted octanol–water partition coefficient (Wildman–Crippen LogP) is 1.69. The summed E-state index contributed by atoms with van der Waals surface area (Å²) in [5.41, 5.74) is 2.05. The van der Waals surface area contributed by atoms with Crippen LogP contribution in [-0.4, -0.2) is 55.3 Å². The fourth-order valence-corrected chi connectivity index (χ4v) is 3.78. The topological polar surface area (TPSA) is 73.9 Å². The van der Waals surface area contributed by atoms with E-state index in [2.05, 4.69) is 10.6 Å². The Kier molecular flexibility index (Phi) is 4.03. The van der Waals surface area contributed by atoms with Crippen LogP contribution < -0.4 is 15.4 Å². The highest BCUT2D eigenvalue weighted by atomic mass is 16.5. The molecule has 0 aliphatic carbocycles. The van der Waals surface area contributed by atoms with Crippen molar-refractivity contribution in [1.82, 2.24) is 20.4 Å². The van der Waals surface area contributed by atoms with Crippen molar-refractivity contribution in [2.75, 3.05) is 21.2 Å². The van der Waals surface area contributed by atoms with Crippen molar-refractivity contribution in [3.63, 3.8) is 0 Å². The van der Waals surface area contributed by atoms with Gasteiger partial charge < -0.3 is 25.2 Å². The van der Waals surface area contributed by atoms with E-state index in [4.69, 9.17) is 4.74 Å². The third-order valence-electron chi connectivity index (χ3n) is 5.11. The Labute approximate surface area is 141 Å². The lowest BCUT2D eigenvalue weighted by molar-refractivity contribution is 0.0241. The van der Waals surface area contributed by atoms with Crippen LogP contribution in [0.25, 0.3) is 0 Å². The van der Waals surface area contributed by atoms with Crippen molar-refractivity contribution in [1.29, 1.82) is 0 Å². The summed E-state index contributed by atoms with van der Waals surface area (Å²) in [7, 11) is 5.11. The summed E-state index contributed by atoms with van der Waals surface area (Å²) in [5.74, 6) is 0.749. The number of rotatable bonds is 2. The first-order valence-electron chi connectivity index (χ1n) is 8.06. The first-order chi connectivity index (χ1) is 11.3. The third-order valence-corrected chi connectivity index (χ3v) is 5.11. The van der Waals surface area contributed by atoms with E-state index in [1.807, 2.05) is 32.0 Å². The zero-order chi connectivity index (χ0) is 17.6. The smallest absolute Gasteiger partial charge is 0.319 e. The lowest BCUT2D eigenvalue weighted by Crippen LogP contribution is -2.71. The maximum absolute atomic E-state index is 12.5. The van der Waals surface area contributed by atoms with Gasteiger partial charge in [-0.15, -0.1) is 0 Å². The number of nitrogens with zero attached hydrogens (tertiary/aromatic N) is 2. The van der Waals surface area contributed by atoms with E-state index < -0.39 is 0 Å². The Morgan fingerprint density at radius 1 is 1.08 bits per heavy atom. The quantitative estimate of drug-likeness (QED) is 0.865. The number of amides is 4. The summed E-state index contributed by atoms with van der Waals surface area (Å²) >= 11 is 0. The van der Waals surface area contributed by atoms with Crippen LogP contribution in [0.2, 0.25) is 0 Å². The van der Waals surface area contributed by atoms with Crippen LogP contribution in [-0.2, 0) is 0 Å². The van der Waals surface area contributed by atoms with Crippen LogP contribution in [0.1, 0.15) is 24.1 Å². The molecule has 2 heterocycles. The fraction of sp³-hybridized carbons (Fsp3) is 0.529. The van der Waals surface area contributed by atoms with E-state index in [0.29, 0.717) is 0 Å². The summed E-state index contributed by atoms with van der Waals surface area (Å²) in [4.78, 5) is 27.8. The molecule has 0 unspecified atom stereocenters. The molecule has 130 valence electrons. The summed E-state index contributed by atoms with van der Waals surface area (Å²) in [6.45, 7) is 3.98. The first-order valence-corrected chi connectivity index (χ1v) is 8.06. The third kappa shape index (κ3) is 2.44. The fourth-order valence-electron chi connectivity index (χ4n) is 3.78. The van der Waals surface area contributed by atoms with Crippen molar-refractivity contribution >= 4 is 12.1 Å². The Morgan fingerprint density at radius 3 is 2.42 bits per heavy atom. The first kappa shape index (κ1) is 16.4. The normalized spacial score (nSPS) is 29.7. The molecule has 3 rings (SSSR count). The SMILES string of the molecule is COc1cc(C)ccc1[C@@H]1[C@@H]2[C@H](C)NC(=O)N(C)[C@@H]2NC(=O)N1C. The van der Waals surface area contributed by atoms with E-state index in [0.717, 1.165) is 16.9 Å². The number of methoxy groups -OCH3 is 1. The van der Waals surface area contributed by atoms with E-state index in [9.17, 15) is 9.59 Å². The van der Waals surface area contributed by atoms with Crippen molar-refractivity contribution in [2.45, 2.75) is 32.1 Å². The molecule has 0 spiro atoms. The van der Waals surface area contributed by atoms with Gasteiger partial charge in [0, 0.05) is 31.6 Å². The van der Waals surface area contributed by atoms with Crippen LogP contribution >= 0.6 is 0 Å². The molecule has 2 saturated heterocycles. The molecular formula is C17H24N4O3. The molecule has 2 aliphatic heterocycles. The van der Waals surface area contributed by atoms with Crippen LogP contribution in [0.3, 0.4) is 0 Å². The van der Waals surface area contributed by atoms with Crippen molar-refractivity contribution in [2.24, 2.45) is 5.92 Å². The van der Waals surface area contributed by atoms with Crippen LogP contribution in [0.15, 0.2) is 18.2 Å². The Balaban J connectivity index is 2.10. The lowest BCUT2D eigenvalue weighted by Gasteiger charge is -2.52. The van der Waals surface area contributed by atoms with Gasteiger partial charge in [-0.05, 0) is 25.5 Å². The van der Waals surface area contributed by atoms with Gasteiger partial charge in [0.25, 0.3) is 0 Å². The molecule has 7 nitrogen and oxygen atoms in total. The highest BCUT2D eigenvalue weighted by molar-refractivity contribution is 5.80. The van der Waals surface area contributed by atoms with Crippen LogP contribution in [0.5, 0.6) is 5.75 Å². The predicted molar refractivity (Wildman–Crippen MR) is 89.8 cm³/mol. The number of nitrogens with one attached hydrogen (secondary N) is 2. The molecule has 4 amide bonds. The molecule has 0 saturated carbocycles. The summed E-state index contributed by atoms with van der Waals surface area (Å²) < 4.78 is 5.57. The number of hydrogen-bond acceptors (Lipinski definition) is 3. The number of benzene rings is 1. The number of aryl methyl sites for hydroxylation is 1. The summed E-state index contributed by atoms with van der Waals surface area (Å²) in [6, 6.07) is 5.34. The monoisotopic (exact) mass is 332 g/mol. The number of carbonyl (C=O) groups is 2. The number of carbonyl (C=O) groups excluding carboxylic acids is 2. The number of hydrogen-bond donors (Lipinski definition) is 2. The number of urea groups is 2. The highest BCUT2D eigenvalue weighted by Crippen LogP contribution is 2.41. The zero-order valence-corrected chi connectivity index (χ0v) is 14.7.